The first-order valence-electron chi connectivity index (χ1n) is 9.01. The minimum atomic E-state index is -0.935. The molecule has 7 nitrogen and oxygen atoms in total. The van der Waals surface area contributed by atoms with Crippen molar-refractivity contribution in [3.05, 3.63) is 42.2 Å². The van der Waals surface area contributed by atoms with Crippen LogP contribution in [0.3, 0.4) is 0 Å². The molecule has 0 saturated heterocycles. The molecule has 1 aromatic rings. The van der Waals surface area contributed by atoms with Crippen LogP contribution < -0.4 is 10.6 Å². The highest BCUT2D eigenvalue weighted by molar-refractivity contribution is 6.41. The van der Waals surface area contributed by atoms with Crippen LogP contribution in [0.4, 0.5) is 5.69 Å². The minimum absolute atomic E-state index is 0.111. The zero-order valence-corrected chi connectivity index (χ0v) is 16.7. The number of carbonyl (C=O) groups is 4. The number of aliphatic hydroxyl groups excluding tert-OH is 1. The summed E-state index contributed by atoms with van der Waals surface area (Å²) in [4.78, 5) is 47.6. The van der Waals surface area contributed by atoms with E-state index in [2.05, 4.69) is 17.2 Å². The number of benzene rings is 1. The highest BCUT2D eigenvalue weighted by atomic mass is 16.3. The molecule has 0 aromatic heterocycles. The van der Waals surface area contributed by atoms with Gasteiger partial charge in [-0.25, -0.2) is 0 Å². The monoisotopic (exact) mass is 388 g/mol. The number of hydrogen-bond acceptors (Lipinski definition) is 5. The first-order chi connectivity index (χ1) is 13.0. The molecule has 0 fully saturated rings. The van der Waals surface area contributed by atoms with E-state index in [-0.39, 0.29) is 24.0 Å². The van der Waals surface area contributed by atoms with Crippen LogP contribution in [-0.2, 0) is 24.6 Å². The fourth-order valence-corrected chi connectivity index (χ4v) is 2.61. The molecule has 0 radical (unpaired) electrons. The average Bonchev–Trinajstić information content (AvgIpc) is 2.59. The Morgan fingerprint density at radius 1 is 1.18 bits per heavy atom. The van der Waals surface area contributed by atoms with Crippen LogP contribution >= 0.6 is 0 Å². The maximum atomic E-state index is 12.3. The molecule has 0 heterocycles. The molecule has 0 aliphatic carbocycles. The van der Waals surface area contributed by atoms with Crippen LogP contribution in [0, 0.1) is 5.92 Å². The van der Waals surface area contributed by atoms with Gasteiger partial charge in [0.15, 0.2) is 0 Å². The number of ketones is 1. The number of carbonyl (C=O) groups excluding carboxylic acids is 4. The van der Waals surface area contributed by atoms with Crippen molar-refractivity contribution in [3.8, 4) is 0 Å². The second-order valence-electron chi connectivity index (χ2n) is 7.80. The number of rotatable bonds is 9. The Kier molecular flexibility index (Phi) is 8.10. The Bertz CT molecular complexity index is 764. The number of amides is 2. The summed E-state index contributed by atoms with van der Waals surface area (Å²) < 4.78 is 0. The molecule has 0 saturated carbocycles. The molecular weight excluding hydrogens is 360 g/mol. The fourth-order valence-electron chi connectivity index (χ4n) is 2.61. The zero-order valence-electron chi connectivity index (χ0n) is 16.7. The van der Waals surface area contributed by atoms with Gasteiger partial charge in [0, 0.05) is 24.4 Å². The summed E-state index contributed by atoms with van der Waals surface area (Å²) in [5, 5.41) is 14.2. The molecule has 1 rings (SSSR count). The Morgan fingerprint density at radius 2 is 1.79 bits per heavy atom. The number of anilines is 1. The summed E-state index contributed by atoms with van der Waals surface area (Å²) in [5.41, 5.74) is 1.22. The van der Waals surface area contributed by atoms with Gasteiger partial charge >= 0.3 is 0 Å². The third-order valence-corrected chi connectivity index (χ3v) is 4.12. The van der Waals surface area contributed by atoms with Gasteiger partial charge in [-0.05, 0) is 17.0 Å². The molecule has 2 atom stereocenters. The van der Waals surface area contributed by atoms with Gasteiger partial charge in [-0.2, -0.15) is 0 Å². The van der Waals surface area contributed by atoms with Gasteiger partial charge in [0.1, 0.15) is 6.29 Å². The van der Waals surface area contributed by atoms with Gasteiger partial charge in [-0.15, -0.1) is 0 Å². The molecule has 1 aromatic carbocycles. The lowest BCUT2D eigenvalue weighted by Gasteiger charge is -2.23. The van der Waals surface area contributed by atoms with E-state index in [9.17, 15) is 19.2 Å². The minimum Gasteiger partial charge on any atom is -0.513 e. The number of Topliss-reactive ketones (excluding diaryl/α,β-unsaturated/α-hetero) is 1. The molecule has 0 unspecified atom stereocenters. The number of nitrogens with one attached hydrogen (secondary N) is 2. The molecule has 152 valence electrons. The van der Waals surface area contributed by atoms with Crippen molar-refractivity contribution in [2.24, 2.45) is 5.92 Å². The number of para-hydroxylation sites is 1. The maximum Gasteiger partial charge on any atom is 0.291 e. The van der Waals surface area contributed by atoms with Crippen molar-refractivity contribution in [3.63, 3.8) is 0 Å². The first-order valence-corrected chi connectivity index (χ1v) is 9.01. The lowest BCUT2D eigenvalue weighted by atomic mass is 9.86. The van der Waals surface area contributed by atoms with E-state index < -0.39 is 29.6 Å². The van der Waals surface area contributed by atoms with Gasteiger partial charge in [0.05, 0.1) is 11.8 Å². The number of hydrogen-bond donors (Lipinski definition) is 3. The van der Waals surface area contributed by atoms with Crippen LogP contribution in [0.1, 0.15) is 46.1 Å². The summed E-state index contributed by atoms with van der Waals surface area (Å²) >= 11 is 0. The molecule has 0 spiro atoms. The molecule has 3 N–H and O–H groups in total. The maximum absolute atomic E-state index is 12.3. The van der Waals surface area contributed by atoms with Crippen LogP contribution in [-0.4, -0.2) is 35.0 Å². The van der Waals surface area contributed by atoms with E-state index in [1.54, 1.807) is 12.1 Å². The summed E-state index contributed by atoms with van der Waals surface area (Å²) in [5.74, 6) is -3.15. The summed E-state index contributed by atoms with van der Waals surface area (Å²) in [6, 6.07) is 6.29. The number of aldehydes is 1. The Morgan fingerprint density at radius 3 is 2.32 bits per heavy atom. The third-order valence-electron chi connectivity index (χ3n) is 4.12. The van der Waals surface area contributed by atoms with Crippen LogP contribution in [0.15, 0.2) is 36.6 Å². The normalized spacial score (nSPS) is 13.1. The lowest BCUT2D eigenvalue weighted by Crippen LogP contribution is -2.40. The van der Waals surface area contributed by atoms with Crippen molar-refractivity contribution in [2.45, 2.75) is 52.0 Å². The Labute approximate surface area is 165 Å². The quantitative estimate of drug-likeness (QED) is 0.342. The second kappa shape index (κ2) is 9.82. The summed E-state index contributed by atoms with van der Waals surface area (Å²) in [6.45, 7) is 10.7. The second-order valence-corrected chi connectivity index (χ2v) is 7.80. The third kappa shape index (κ3) is 6.98. The molecule has 7 heteroatoms. The van der Waals surface area contributed by atoms with Crippen molar-refractivity contribution in [2.75, 3.05) is 5.32 Å². The van der Waals surface area contributed by atoms with Crippen molar-refractivity contribution >= 4 is 29.6 Å². The van der Waals surface area contributed by atoms with Crippen molar-refractivity contribution < 1.29 is 24.3 Å². The smallest absolute Gasteiger partial charge is 0.291 e. The van der Waals surface area contributed by atoms with E-state index >= 15 is 0 Å². The first kappa shape index (κ1) is 23.1. The van der Waals surface area contributed by atoms with Crippen LogP contribution in [0.25, 0.3) is 0 Å². The van der Waals surface area contributed by atoms with Gasteiger partial charge in [-0.3, -0.25) is 14.4 Å². The van der Waals surface area contributed by atoms with Crippen LogP contribution in [0.5, 0.6) is 0 Å². The lowest BCUT2D eigenvalue weighted by molar-refractivity contribution is -0.137. The zero-order chi connectivity index (χ0) is 21.5. The van der Waals surface area contributed by atoms with Gasteiger partial charge in [0.25, 0.3) is 5.91 Å². The van der Waals surface area contributed by atoms with E-state index in [0.717, 1.165) is 5.56 Å². The molecular formula is C21H28N2O5. The van der Waals surface area contributed by atoms with Crippen LogP contribution in [0.2, 0.25) is 0 Å². The standard InChI is InChI=1S/C21H28N2O5/c1-13(19(27)22-15(12-24)11-14(2)25)10-18(26)20(28)23-17-9-7-6-8-16(17)21(3,4)5/h6-9,12-13,15,25H,2,10-11H2,1,3-5H3,(H,22,27)(H,23,28)/t13-,15+/m1/s1. The van der Waals surface area contributed by atoms with Gasteiger partial charge < -0.3 is 20.5 Å². The largest absolute Gasteiger partial charge is 0.513 e. The van der Waals surface area contributed by atoms with E-state index in [0.29, 0.717) is 12.0 Å². The molecule has 28 heavy (non-hydrogen) atoms. The van der Waals surface area contributed by atoms with Gasteiger partial charge in [-0.1, -0.05) is 52.5 Å². The van der Waals surface area contributed by atoms with Crippen molar-refractivity contribution in [1.82, 2.24) is 5.32 Å². The molecule has 0 bridgehead atoms. The van der Waals surface area contributed by atoms with Crippen molar-refractivity contribution in [1.29, 1.82) is 0 Å². The highest BCUT2D eigenvalue weighted by Crippen LogP contribution is 2.29. The number of aliphatic hydroxyl groups is 1. The van der Waals surface area contributed by atoms with E-state index in [4.69, 9.17) is 5.11 Å². The Balaban J connectivity index is 2.72. The average molecular weight is 388 g/mol. The molecule has 2 amide bonds. The summed E-state index contributed by atoms with van der Waals surface area (Å²) in [7, 11) is 0. The molecule has 0 aliphatic heterocycles. The SMILES string of the molecule is C=C(O)C[C@@H](C=O)NC(=O)[C@H](C)CC(=O)C(=O)Nc1ccccc1C(C)(C)C. The van der Waals surface area contributed by atoms with E-state index in [1.807, 2.05) is 32.9 Å². The Hall–Kier alpha value is -2.96. The predicted octanol–water partition coefficient (Wildman–Crippen LogP) is 2.66. The predicted molar refractivity (Wildman–Crippen MR) is 107 cm³/mol. The highest BCUT2D eigenvalue weighted by Gasteiger charge is 2.25. The molecule has 0 aliphatic rings. The summed E-state index contributed by atoms with van der Waals surface area (Å²) in [6.07, 6.45) is 0.0605. The fraction of sp³-hybridized carbons (Fsp3) is 0.429. The van der Waals surface area contributed by atoms with E-state index in [1.165, 1.54) is 6.92 Å². The topological polar surface area (TPSA) is 113 Å². The van der Waals surface area contributed by atoms with Gasteiger partial charge in [0.2, 0.25) is 11.7 Å².